The van der Waals surface area contributed by atoms with E-state index in [4.69, 9.17) is 4.84 Å². The van der Waals surface area contributed by atoms with E-state index in [1.807, 2.05) is 16.8 Å². The van der Waals surface area contributed by atoms with Crippen molar-refractivity contribution in [1.29, 1.82) is 0 Å². The molecule has 0 unspecified atom stereocenters. The third-order valence-electron chi connectivity index (χ3n) is 2.00. The van der Waals surface area contributed by atoms with Gasteiger partial charge in [0.05, 0.1) is 12.2 Å². The van der Waals surface area contributed by atoms with E-state index in [0.717, 1.165) is 18.4 Å². The fourth-order valence-corrected chi connectivity index (χ4v) is 1.92. The Morgan fingerprint density at radius 3 is 3.08 bits per heavy atom. The second kappa shape index (κ2) is 3.89. The first kappa shape index (κ1) is 8.72. The van der Waals surface area contributed by atoms with Crippen LogP contribution in [0, 0.1) is 0 Å². The summed E-state index contributed by atoms with van der Waals surface area (Å²) < 4.78 is 0. The highest BCUT2D eigenvalue weighted by Gasteiger charge is 2.19. The van der Waals surface area contributed by atoms with Crippen LogP contribution >= 0.6 is 11.3 Å². The Kier molecular flexibility index (Phi) is 2.61. The van der Waals surface area contributed by atoms with Crippen molar-refractivity contribution in [3.63, 3.8) is 0 Å². The van der Waals surface area contributed by atoms with Gasteiger partial charge < -0.3 is 0 Å². The van der Waals surface area contributed by atoms with Crippen molar-refractivity contribution in [3.8, 4) is 0 Å². The topological polar surface area (TPSA) is 29.5 Å². The first-order chi connectivity index (χ1) is 6.38. The Labute approximate surface area is 80.9 Å². The summed E-state index contributed by atoms with van der Waals surface area (Å²) in [6, 6.07) is 1.82. The first-order valence-electron chi connectivity index (χ1n) is 4.35. The maximum Gasteiger partial charge on any atom is 0.278 e. The molecule has 0 saturated carbocycles. The summed E-state index contributed by atoms with van der Waals surface area (Å²) in [5.74, 6) is -0.0130. The van der Waals surface area contributed by atoms with E-state index >= 15 is 0 Å². The van der Waals surface area contributed by atoms with Crippen molar-refractivity contribution in [1.82, 2.24) is 5.06 Å². The number of rotatable bonds is 1. The van der Waals surface area contributed by atoms with Crippen LogP contribution in [0.3, 0.4) is 0 Å². The fourth-order valence-electron chi connectivity index (χ4n) is 1.29. The normalized spacial score (nSPS) is 17.4. The lowest BCUT2D eigenvalue weighted by Gasteiger charge is -2.25. The van der Waals surface area contributed by atoms with Crippen molar-refractivity contribution < 1.29 is 9.63 Å². The molecule has 1 aromatic rings. The molecular formula is C9H11NO2S. The molecule has 0 atom stereocenters. The van der Waals surface area contributed by atoms with Crippen LogP contribution in [0.25, 0.3) is 0 Å². The SMILES string of the molecule is O=C(c1ccsc1)N1CCCCO1. The van der Waals surface area contributed by atoms with Gasteiger partial charge >= 0.3 is 0 Å². The standard InChI is InChI=1S/C9H11NO2S/c11-9(8-3-6-13-7-8)10-4-1-2-5-12-10/h3,6-7H,1-2,4-5H2. The van der Waals surface area contributed by atoms with Gasteiger partial charge in [-0.05, 0) is 24.3 Å². The van der Waals surface area contributed by atoms with Crippen LogP contribution in [0.5, 0.6) is 0 Å². The summed E-state index contributed by atoms with van der Waals surface area (Å²) in [6.07, 6.45) is 2.09. The highest BCUT2D eigenvalue weighted by Crippen LogP contribution is 2.13. The van der Waals surface area contributed by atoms with E-state index in [9.17, 15) is 4.79 Å². The summed E-state index contributed by atoms with van der Waals surface area (Å²) in [7, 11) is 0. The maximum atomic E-state index is 11.7. The van der Waals surface area contributed by atoms with Gasteiger partial charge in [0.2, 0.25) is 0 Å². The lowest BCUT2D eigenvalue weighted by molar-refractivity contribution is -0.144. The zero-order valence-corrected chi connectivity index (χ0v) is 8.05. The molecule has 1 fully saturated rings. The van der Waals surface area contributed by atoms with E-state index in [2.05, 4.69) is 0 Å². The van der Waals surface area contributed by atoms with Crippen molar-refractivity contribution in [2.24, 2.45) is 0 Å². The summed E-state index contributed by atoms with van der Waals surface area (Å²) in [5.41, 5.74) is 0.729. The maximum absolute atomic E-state index is 11.7. The second-order valence-corrected chi connectivity index (χ2v) is 3.74. The smallest absolute Gasteiger partial charge is 0.271 e. The van der Waals surface area contributed by atoms with Crippen LogP contribution in [0.2, 0.25) is 0 Å². The Morgan fingerprint density at radius 1 is 1.54 bits per heavy atom. The van der Waals surface area contributed by atoms with Gasteiger partial charge in [-0.3, -0.25) is 9.63 Å². The summed E-state index contributed by atoms with van der Waals surface area (Å²) in [6.45, 7) is 1.38. The first-order valence-corrected chi connectivity index (χ1v) is 5.29. The van der Waals surface area contributed by atoms with Gasteiger partial charge in [0.15, 0.2) is 0 Å². The van der Waals surface area contributed by atoms with Gasteiger partial charge in [-0.15, -0.1) is 0 Å². The highest BCUT2D eigenvalue weighted by atomic mass is 32.1. The van der Waals surface area contributed by atoms with Gasteiger partial charge in [-0.1, -0.05) is 0 Å². The Morgan fingerprint density at radius 2 is 2.46 bits per heavy atom. The molecule has 1 aliphatic rings. The summed E-state index contributed by atoms with van der Waals surface area (Å²) in [4.78, 5) is 16.9. The number of hydroxylamine groups is 2. The van der Waals surface area contributed by atoms with Crippen molar-refractivity contribution >= 4 is 17.2 Å². The van der Waals surface area contributed by atoms with Crippen molar-refractivity contribution in [3.05, 3.63) is 22.4 Å². The molecule has 0 spiro atoms. The minimum atomic E-state index is -0.0130. The molecule has 0 bridgehead atoms. The molecule has 1 aromatic heterocycles. The molecule has 70 valence electrons. The van der Waals surface area contributed by atoms with Crippen LogP contribution in [0.15, 0.2) is 16.8 Å². The van der Waals surface area contributed by atoms with Gasteiger partial charge in [0.1, 0.15) is 0 Å². The summed E-state index contributed by atoms with van der Waals surface area (Å²) >= 11 is 1.53. The fraction of sp³-hybridized carbons (Fsp3) is 0.444. The summed E-state index contributed by atoms with van der Waals surface area (Å²) in [5, 5.41) is 5.21. The average Bonchev–Trinajstić information content (AvgIpc) is 2.71. The minimum absolute atomic E-state index is 0.0130. The monoisotopic (exact) mass is 197 g/mol. The zero-order chi connectivity index (χ0) is 9.10. The third-order valence-corrected chi connectivity index (χ3v) is 2.68. The molecule has 1 aliphatic heterocycles. The van der Waals surface area contributed by atoms with Crippen LogP contribution in [0.4, 0.5) is 0 Å². The van der Waals surface area contributed by atoms with E-state index in [-0.39, 0.29) is 5.91 Å². The molecule has 0 radical (unpaired) electrons. The quantitative estimate of drug-likeness (QED) is 0.688. The van der Waals surface area contributed by atoms with Crippen LogP contribution in [-0.2, 0) is 4.84 Å². The van der Waals surface area contributed by atoms with Crippen LogP contribution in [0.1, 0.15) is 23.2 Å². The minimum Gasteiger partial charge on any atom is -0.271 e. The van der Waals surface area contributed by atoms with Crippen molar-refractivity contribution in [2.75, 3.05) is 13.2 Å². The number of amides is 1. The zero-order valence-electron chi connectivity index (χ0n) is 7.23. The second-order valence-electron chi connectivity index (χ2n) is 2.96. The average molecular weight is 197 g/mol. The molecule has 1 saturated heterocycles. The molecule has 3 nitrogen and oxygen atoms in total. The number of hydrogen-bond acceptors (Lipinski definition) is 3. The lowest BCUT2D eigenvalue weighted by Crippen LogP contribution is -2.35. The Bertz CT molecular complexity index is 278. The Hall–Kier alpha value is -0.870. The third kappa shape index (κ3) is 1.89. The number of nitrogens with zero attached hydrogens (tertiary/aromatic N) is 1. The van der Waals surface area contributed by atoms with Crippen LogP contribution < -0.4 is 0 Å². The number of hydrogen-bond donors (Lipinski definition) is 0. The molecule has 0 aliphatic carbocycles. The number of carbonyl (C=O) groups is 1. The molecule has 1 amide bonds. The molecule has 13 heavy (non-hydrogen) atoms. The van der Waals surface area contributed by atoms with Gasteiger partial charge in [0.25, 0.3) is 5.91 Å². The van der Waals surface area contributed by atoms with Gasteiger partial charge in [-0.2, -0.15) is 11.3 Å². The Balaban J connectivity index is 2.04. The van der Waals surface area contributed by atoms with E-state index < -0.39 is 0 Å². The molecule has 0 aromatic carbocycles. The molecule has 2 heterocycles. The highest BCUT2D eigenvalue weighted by molar-refractivity contribution is 7.08. The molecule has 4 heteroatoms. The largest absolute Gasteiger partial charge is 0.278 e. The number of carbonyl (C=O) groups excluding carboxylic acids is 1. The van der Waals surface area contributed by atoms with Gasteiger partial charge in [0, 0.05) is 11.9 Å². The predicted octanol–water partition coefficient (Wildman–Crippen LogP) is 1.92. The van der Waals surface area contributed by atoms with Crippen LogP contribution in [-0.4, -0.2) is 24.1 Å². The molecular weight excluding hydrogens is 186 g/mol. The van der Waals surface area contributed by atoms with E-state index in [1.165, 1.54) is 16.4 Å². The van der Waals surface area contributed by atoms with Crippen molar-refractivity contribution in [2.45, 2.75) is 12.8 Å². The molecule has 0 N–H and O–H groups in total. The van der Waals surface area contributed by atoms with E-state index in [0.29, 0.717) is 13.2 Å². The number of thiophene rings is 1. The lowest BCUT2D eigenvalue weighted by atomic mass is 10.2. The van der Waals surface area contributed by atoms with Gasteiger partial charge in [-0.25, -0.2) is 5.06 Å². The van der Waals surface area contributed by atoms with E-state index in [1.54, 1.807) is 0 Å². The predicted molar refractivity (Wildman–Crippen MR) is 50.5 cm³/mol. The molecule has 2 rings (SSSR count).